The molecule has 1 nitrogen and oxygen atoms in total. The highest BCUT2D eigenvalue weighted by Crippen LogP contribution is 2.24. The van der Waals surface area contributed by atoms with E-state index in [0.29, 0.717) is 11.4 Å². The third-order valence-corrected chi connectivity index (χ3v) is 3.97. The summed E-state index contributed by atoms with van der Waals surface area (Å²) < 4.78 is 0.917. The Labute approximate surface area is 126 Å². The molecule has 0 fully saturated rings. The third kappa shape index (κ3) is 3.26. The number of carbonyl (C=O) groups excluding carboxylic acids is 1. The van der Waals surface area contributed by atoms with E-state index in [-0.39, 0.29) is 5.78 Å². The zero-order valence-electron chi connectivity index (χ0n) is 10.8. The molecule has 2 aromatic rings. The van der Waals surface area contributed by atoms with E-state index in [1.54, 1.807) is 0 Å². The smallest absolute Gasteiger partial charge is 0.167 e. The highest BCUT2D eigenvalue weighted by molar-refractivity contribution is 9.10. The van der Waals surface area contributed by atoms with Crippen molar-refractivity contribution >= 4 is 33.3 Å². The maximum absolute atomic E-state index is 12.4. The van der Waals surface area contributed by atoms with Gasteiger partial charge in [-0.1, -0.05) is 51.8 Å². The van der Waals surface area contributed by atoms with E-state index >= 15 is 0 Å². The second-order valence-corrected chi connectivity index (χ2v) is 5.93. The van der Waals surface area contributed by atoms with Crippen LogP contribution in [0.4, 0.5) is 0 Å². The Morgan fingerprint density at radius 1 is 1.16 bits per heavy atom. The van der Waals surface area contributed by atoms with E-state index < -0.39 is 0 Å². The van der Waals surface area contributed by atoms with Gasteiger partial charge in [0.2, 0.25) is 0 Å². The predicted octanol–water partition coefficient (Wildman–Crippen LogP) is 5.14. The molecule has 0 radical (unpaired) electrons. The van der Waals surface area contributed by atoms with Crippen molar-refractivity contribution in [2.45, 2.75) is 20.3 Å². The molecule has 0 aliphatic carbocycles. The molecule has 0 bridgehead atoms. The Morgan fingerprint density at radius 3 is 2.37 bits per heavy atom. The highest BCUT2D eigenvalue weighted by Gasteiger charge is 2.14. The number of carbonyl (C=O) groups is 1. The standard InChI is InChI=1S/C16H14BrClO/c1-10-4-3-5-11(2)16(10)15(19)8-12-6-7-13(17)9-14(12)18/h3-7,9H,8H2,1-2H3. The summed E-state index contributed by atoms with van der Waals surface area (Å²) in [4.78, 5) is 12.4. The quantitative estimate of drug-likeness (QED) is 0.708. The monoisotopic (exact) mass is 336 g/mol. The molecule has 0 aromatic heterocycles. The van der Waals surface area contributed by atoms with Gasteiger partial charge in [0.1, 0.15) is 0 Å². The highest BCUT2D eigenvalue weighted by atomic mass is 79.9. The van der Waals surface area contributed by atoms with Gasteiger partial charge in [0.05, 0.1) is 0 Å². The molecule has 0 aliphatic heterocycles. The van der Waals surface area contributed by atoms with Crippen LogP contribution >= 0.6 is 27.5 Å². The number of halogens is 2. The van der Waals surface area contributed by atoms with Crippen molar-refractivity contribution in [1.82, 2.24) is 0 Å². The van der Waals surface area contributed by atoms with Crippen molar-refractivity contribution in [3.05, 3.63) is 68.1 Å². The number of ketones is 1. The summed E-state index contributed by atoms with van der Waals surface area (Å²) in [7, 11) is 0. The van der Waals surface area contributed by atoms with Crippen LogP contribution in [0.2, 0.25) is 5.02 Å². The van der Waals surface area contributed by atoms with Crippen molar-refractivity contribution < 1.29 is 4.79 Å². The second kappa shape index (κ2) is 5.89. The van der Waals surface area contributed by atoms with E-state index in [4.69, 9.17) is 11.6 Å². The molecule has 0 atom stereocenters. The molecular formula is C16H14BrClO. The lowest BCUT2D eigenvalue weighted by atomic mass is 9.95. The number of rotatable bonds is 3. The maximum Gasteiger partial charge on any atom is 0.167 e. The molecule has 0 spiro atoms. The zero-order chi connectivity index (χ0) is 14.0. The molecule has 0 unspecified atom stereocenters. The number of benzene rings is 2. The van der Waals surface area contributed by atoms with Crippen molar-refractivity contribution in [2.24, 2.45) is 0 Å². The van der Waals surface area contributed by atoms with Crippen LogP contribution in [-0.2, 0) is 6.42 Å². The van der Waals surface area contributed by atoms with Gasteiger partial charge in [-0.2, -0.15) is 0 Å². The SMILES string of the molecule is Cc1cccc(C)c1C(=O)Cc1ccc(Br)cc1Cl. The Bertz CT molecular complexity index is 614. The topological polar surface area (TPSA) is 17.1 Å². The Balaban J connectivity index is 2.31. The minimum Gasteiger partial charge on any atom is -0.294 e. The van der Waals surface area contributed by atoms with Crippen molar-refractivity contribution in [3.8, 4) is 0 Å². The number of Topliss-reactive ketones (excluding diaryl/α,β-unsaturated/α-hetero) is 1. The molecule has 2 rings (SSSR count). The number of hydrogen-bond donors (Lipinski definition) is 0. The largest absolute Gasteiger partial charge is 0.294 e. The van der Waals surface area contributed by atoms with E-state index in [1.807, 2.05) is 50.2 Å². The fourth-order valence-corrected chi connectivity index (χ4v) is 2.92. The van der Waals surface area contributed by atoms with Gasteiger partial charge in [-0.3, -0.25) is 4.79 Å². The summed E-state index contributed by atoms with van der Waals surface area (Å²) in [6.07, 6.45) is 0.331. The van der Waals surface area contributed by atoms with E-state index in [0.717, 1.165) is 26.7 Å². The molecular weight excluding hydrogens is 324 g/mol. The summed E-state index contributed by atoms with van der Waals surface area (Å²) in [6, 6.07) is 11.5. The Hall–Kier alpha value is -1.12. The Kier molecular flexibility index (Phi) is 4.43. The lowest BCUT2D eigenvalue weighted by Crippen LogP contribution is -2.08. The van der Waals surface area contributed by atoms with Crippen LogP contribution in [-0.4, -0.2) is 5.78 Å². The van der Waals surface area contributed by atoms with Gasteiger partial charge in [-0.05, 0) is 42.7 Å². The Morgan fingerprint density at radius 2 is 1.79 bits per heavy atom. The predicted molar refractivity (Wildman–Crippen MR) is 83.1 cm³/mol. The molecule has 0 aliphatic rings. The minimum absolute atomic E-state index is 0.111. The first-order chi connectivity index (χ1) is 8.99. The van der Waals surface area contributed by atoms with Crippen LogP contribution in [0.3, 0.4) is 0 Å². The van der Waals surface area contributed by atoms with Crippen LogP contribution in [0.15, 0.2) is 40.9 Å². The summed E-state index contributed by atoms with van der Waals surface area (Å²) >= 11 is 9.52. The lowest BCUT2D eigenvalue weighted by molar-refractivity contribution is 0.0992. The zero-order valence-corrected chi connectivity index (χ0v) is 13.2. The van der Waals surface area contributed by atoms with Gasteiger partial charge < -0.3 is 0 Å². The second-order valence-electron chi connectivity index (χ2n) is 4.60. The lowest BCUT2D eigenvalue weighted by Gasteiger charge is -2.09. The van der Waals surface area contributed by atoms with Crippen LogP contribution < -0.4 is 0 Å². The minimum atomic E-state index is 0.111. The third-order valence-electron chi connectivity index (χ3n) is 3.13. The van der Waals surface area contributed by atoms with Crippen molar-refractivity contribution in [3.63, 3.8) is 0 Å². The van der Waals surface area contributed by atoms with Gasteiger partial charge >= 0.3 is 0 Å². The summed E-state index contributed by atoms with van der Waals surface area (Å²) in [5.41, 5.74) is 3.69. The van der Waals surface area contributed by atoms with Crippen molar-refractivity contribution in [1.29, 1.82) is 0 Å². The van der Waals surface area contributed by atoms with Gasteiger partial charge in [-0.15, -0.1) is 0 Å². The maximum atomic E-state index is 12.4. The van der Waals surface area contributed by atoms with Gasteiger partial charge in [-0.25, -0.2) is 0 Å². The summed E-state index contributed by atoms with van der Waals surface area (Å²) in [5, 5.41) is 0.619. The van der Waals surface area contributed by atoms with Crippen molar-refractivity contribution in [2.75, 3.05) is 0 Å². The van der Waals surface area contributed by atoms with Crippen LogP contribution in [0.25, 0.3) is 0 Å². The fourth-order valence-electron chi connectivity index (χ4n) is 2.18. The molecule has 0 saturated heterocycles. The van der Waals surface area contributed by atoms with Crippen LogP contribution in [0, 0.1) is 13.8 Å². The van der Waals surface area contributed by atoms with Gasteiger partial charge in [0, 0.05) is 21.5 Å². The summed E-state index contributed by atoms with van der Waals surface area (Å²) in [5.74, 6) is 0.111. The first-order valence-electron chi connectivity index (χ1n) is 6.02. The molecule has 0 heterocycles. The number of aryl methyl sites for hydroxylation is 2. The molecule has 0 saturated carbocycles. The van der Waals surface area contributed by atoms with Gasteiger partial charge in [0.15, 0.2) is 5.78 Å². The molecule has 98 valence electrons. The molecule has 2 aromatic carbocycles. The average molecular weight is 338 g/mol. The average Bonchev–Trinajstić information content (AvgIpc) is 2.32. The van der Waals surface area contributed by atoms with Gasteiger partial charge in [0.25, 0.3) is 0 Å². The molecule has 0 N–H and O–H groups in total. The van der Waals surface area contributed by atoms with Crippen LogP contribution in [0.5, 0.6) is 0 Å². The molecule has 19 heavy (non-hydrogen) atoms. The first kappa shape index (κ1) is 14.3. The van der Waals surface area contributed by atoms with E-state index in [1.165, 1.54) is 0 Å². The van der Waals surface area contributed by atoms with E-state index in [2.05, 4.69) is 15.9 Å². The number of hydrogen-bond acceptors (Lipinski definition) is 1. The van der Waals surface area contributed by atoms with E-state index in [9.17, 15) is 4.79 Å². The summed E-state index contributed by atoms with van der Waals surface area (Å²) in [6.45, 7) is 3.92. The normalized spacial score (nSPS) is 10.5. The molecule has 0 amide bonds. The fraction of sp³-hybridized carbons (Fsp3) is 0.188. The van der Waals surface area contributed by atoms with Crippen LogP contribution in [0.1, 0.15) is 27.0 Å². The molecule has 3 heteroatoms. The first-order valence-corrected chi connectivity index (χ1v) is 7.19.